The van der Waals surface area contributed by atoms with Crippen LogP contribution in [0.4, 0.5) is 0 Å². The lowest BCUT2D eigenvalue weighted by molar-refractivity contribution is 0.0921. The number of ketones is 1. The first-order chi connectivity index (χ1) is 7.79. The zero-order chi connectivity index (χ0) is 11.4. The van der Waals surface area contributed by atoms with E-state index in [4.69, 9.17) is 10.2 Å². The molecule has 1 aromatic heterocycles. The molecule has 0 aliphatic heterocycles. The normalized spacial score (nSPS) is 17.6. The Morgan fingerprint density at radius 2 is 2.06 bits per heavy atom. The molecule has 3 heteroatoms. The zero-order valence-corrected chi connectivity index (χ0v) is 9.58. The Balaban J connectivity index is 1.91. The van der Waals surface area contributed by atoms with Crippen molar-refractivity contribution in [3.8, 4) is 0 Å². The van der Waals surface area contributed by atoms with Gasteiger partial charge in [0.15, 0.2) is 11.5 Å². The van der Waals surface area contributed by atoms with Gasteiger partial charge in [-0.05, 0) is 18.1 Å². The standard InChI is InChI=1S/C13H19NO2/c14-9-11-6-7-13(16-11)12(15)8-10-4-2-1-3-5-10/h6-7,10H,1-5,8-9,14H2. The molecule has 0 spiro atoms. The molecule has 1 heterocycles. The molecule has 0 aromatic carbocycles. The molecule has 88 valence electrons. The number of nitrogens with two attached hydrogens (primary N) is 1. The topological polar surface area (TPSA) is 56.2 Å². The van der Waals surface area contributed by atoms with Crippen LogP contribution >= 0.6 is 0 Å². The van der Waals surface area contributed by atoms with Crippen molar-refractivity contribution in [3.05, 3.63) is 23.7 Å². The van der Waals surface area contributed by atoms with Gasteiger partial charge in [0.1, 0.15) is 5.76 Å². The Kier molecular flexibility index (Phi) is 3.78. The van der Waals surface area contributed by atoms with E-state index >= 15 is 0 Å². The van der Waals surface area contributed by atoms with Gasteiger partial charge < -0.3 is 10.2 Å². The van der Waals surface area contributed by atoms with Gasteiger partial charge in [-0.3, -0.25) is 4.79 Å². The average Bonchev–Trinajstić information content (AvgIpc) is 2.79. The fourth-order valence-corrected chi connectivity index (χ4v) is 2.39. The van der Waals surface area contributed by atoms with Crippen molar-refractivity contribution >= 4 is 5.78 Å². The van der Waals surface area contributed by atoms with Gasteiger partial charge in [0.2, 0.25) is 0 Å². The molecule has 1 fully saturated rings. The summed E-state index contributed by atoms with van der Waals surface area (Å²) in [5, 5.41) is 0. The van der Waals surface area contributed by atoms with E-state index in [0.717, 1.165) is 0 Å². The van der Waals surface area contributed by atoms with Crippen LogP contribution in [-0.4, -0.2) is 5.78 Å². The second kappa shape index (κ2) is 5.30. The number of hydrogen-bond donors (Lipinski definition) is 1. The number of carbonyl (C=O) groups is 1. The molecular weight excluding hydrogens is 202 g/mol. The van der Waals surface area contributed by atoms with E-state index in [9.17, 15) is 4.79 Å². The van der Waals surface area contributed by atoms with Crippen molar-refractivity contribution in [2.45, 2.75) is 45.1 Å². The molecule has 1 aliphatic carbocycles. The fourth-order valence-electron chi connectivity index (χ4n) is 2.39. The monoisotopic (exact) mass is 221 g/mol. The minimum absolute atomic E-state index is 0.131. The summed E-state index contributed by atoms with van der Waals surface area (Å²) in [5.74, 6) is 1.86. The SMILES string of the molecule is NCc1ccc(C(=O)CC2CCCCC2)o1. The van der Waals surface area contributed by atoms with Crippen LogP contribution in [0.15, 0.2) is 16.5 Å². The first-order valence-electron chi connectivity index (χ1n) is 6.11. The van der Waals surface area contributed by atoms with Crippen LogP contribution in [-0.2, 0) is 6.54 Å². The Labute approximate surface area is 96.0 Å². The number of carbonyl (C=O) groups excluding carboxylic acids is 1. The number of hydrogen-bond acceptors (Lipinski definition) is 3. The first kappa shape index (κ1) is 11.4. The van der Waals surface area contributed by atoms with Crippen LogP contribution in [0.1, 0.15) is 54.8 Å². The molecule has 1 aliphatic rings. The predicted octanol–water partition coefficient (Wildman–Crippen LogP) is 2.89. The minimum Gasteiger partial charge on any atom is -0.457 e. The number of Topliss-reactive ketones (excluding diaryl/α,β-unsaturated/α-hetero) is 1. The van der Waals surface area contributed by atoms with E-state index in [1.54, 1.807) is 12.1 Å². The van der Waals surface area contributed by atoms with Gasteiger partial charge in [-0.15, -0.1) is 0 Å². The van der Waals surface area contributed by atoms with Crippen molar-refractivity contribution in [2.24, 2.45) is 11.7 Å². The molecule has 3 nitrogen and oxygen atoms in total. The van der Waals surface area contributed by atoms with Gasteiger partial charge in [0.25, 0.3) is 0 Å². The Hall–Kier alpha value is -1.09. The average molecular weight is 221 g/mol. The quantitative estimate of drug-likeness (QED) is 0.795. The van der Waals surface area contributed by atoms with Crippen molar-refractivity contribution in [2.75, 3.05) is 0 Å². The third-order valence-corrected chi connectivity index (χ3v) is 3.34. The summed E-state index contributed by atoms with van der Waals surface area (Å²) in [6, 6.07) is 3.53. The number of furan rings is 1. The summed E-state index contributed by atoms with van der Waals surface area (Å²) in [5.41, 5.74) is 5.44. The third-order valence-electron chi connectivity index (χ3n) is 3.34. The number of rotatable bonds is 4. The summed E-state index contributed by atoms with van der Waals surface area (Å²) >= 11 is 0. The van der Waals surface area contributed by atoms with Crippen LogP contribution in [0, 0.1) is 5.92 Å². The van der Waals surface area contributed by atoms with Gasteiger partial charge in [-0.1, -0.05) is 32.1 Å². The van der Waals surface area contributed by atoms with Crippen molar-refractivity contribution in [1.82, 2.24) is 0 Å². The maximum Gasteiger partial charge on any atom is 0.198 e. The summed E-state index contributed by atoms with van der Waals surface area (Å²) in [6.45, 7) is 0.358. The molecule has 2 N–H and O–H groups in total. The van der Waals surface area contributed by atoms with E-state index in [0.29, 0.717) is 30.4 Å². The van der Waals surface area contributed by atoms with Crippen LogP contribution in [0.3, 0.4) is 0 Å². The van der Waals surface area contributed by atoms with E-state index < -0.39 is 0 Å². The molecule has 0 unspecified atom stereocenters. The summed E-state index contributed by atoms with van der Waals surface area (Å²) < 4.78 is 5.36. The summed E-state index contributed by atoms with van der Waals surface area (Å²) in [6.07, 6.45) is 6.88. The van der Waals surface area contributed by atoms with Crippen molar-refractivity contribution in [3.63, 3.8) is 0 Å². The second-order valence-corrected chi connectivity index (χ2v) is 4.60. The molecule has 16 heavy (non-hydrogen) atoms. The van der Waals surface area contributed by atoms with Gasteiger partial charge in [0.05, 0.1) is 6.54 Å². The maximum absolute atomic E-state index is 11.9. The highest BCUT2D eigenvalue weighted by molar-refractivity contribution is 5.93. The Morgan fingerprint density at radius 3 is 2.69 bits per heavy atom. The van der Waals surface area contributed by atoms with Crippen LogP contribution < -0.4 is 5.73 Å². The molecular formula is C13H19NO2. The molecule has 2 rings (SSSR count). The summed E-state index contributed by atoms with van der Waals surface area (Å²) in [7, 11) is 0. The Morgan fingerprint density at radius 1 is 1.31 bits per heavy atom. The lowest BCUT2D eigenvalue weighted by Crippen LogP contribution is -2.11. The maximum atomic E-state index is 11.9. The molecule has 0 amide bonds. The first-order valence-corrected chi connectivity index (χ1v) is 6.11. The van der Waals surface area contributed by atoms with Crippen molar-refractivity contribution in [1.29, 1.82) is 0 Å². The summed E-state index contributed by atoms with van der Waals surface area (Å²) in [4.78, 5) is 11.9. The third kappa shape index (κ3) is 2.73. The molecule has 1 saturated carbocycles. The zero-order valence-electron chi connectivity index (χ0n) is 9.58. The second-order valence-electron chi connectivity index (χ2n) is 4.60. The van der Waals surface area contributed by atoms with E-state index in [-0.39, 0.29) is 5.78 Å². The lowest BCUT2D eigenvalue weighted by Gasteiger charge is -2.20. The molecule has 0 atom stereocenters. The van der Waals surface area contributed by atoms with Crippen LogP contribution in [0.5, 0.6) is 0 Å². The van der Waals surface area contributed by atoms with Gasteiger partial charge in [-0.25, -0.2) is 0 Å². The van der Waals surface area contributed by atoms with Gasteiger partial charge in [-0.2, -0.15) is 0 Å². The highest BCUT2D eigenvalue weighted by Gasteiger charge is 2.19. The molecule has 0 bridgehead atoms. The van der Waals surface area contributed by atoms with Gasteiger partial charge >= 0.3 is 0 Å². The molecule has 0 saturated heterocycles. The van der Waals surface area contributed by atoms with E-state index in [1.807, 2.05) is 0 Å². The molecule has 0 radical (unpaired) electrons. The van der Waals surface area contributed by atoms with Crippen LogP contribution in [0.2, 0.25) is 0 Å². The predicted molar refractivity (Wildman–Crippen MR) is 62.1 cm³/mol. The Bertz CT molecular complexity index is 351. The van der Waals surface area contributed by atoms with Crippen LogP contribution in [0.25, 0.3) is 0 Å². The highest BCUT2D eigenvalue weighted by atomic mass is 16.3. The highest BCUT2D eigenvalue weighted by Crippen LogP contribution is 2.27. The minimum atomic E-state index is 0.131. The largest absolute Gasteiger partial charge is 0.457 e. The lowest BCUT2D eigenvalue weighted by atomic mass is 9.85. The smallest absolute Gasteiger partial charge is 0.198 e. The molecule has 1 aromatic rings. The van der Waals surface area contributed by atoms with Crippen molar-refractivity contribution < 1.29 is 9.21 Å². The van der Waals surface area contributed by atoms with E-state index in [1.165, 1.54) is 32.1 Å². The van der Waals surface area contributed by atoms with Gasteiger partial charge in [0, 0.05) is 6.42 Å². The fraction of sp³-hybridized carbons (Fsp3) is 0.615. The van der Waals surface area contributed by atoms with E-state index in [2.05, 4.69) is 0 Å².